The Morgan fingerprint density at radius 3 is 2.13 bits per heavy atom. The van der Waals surface area contributed by atoms with Crippen molar-refractivity contribution in [3.8, 4) is 0 Å². The number of amides is 2. The number of hydrogen-bond donors (Lipinski definition) is 1. The SMILES string of the molecule is CCCNC(=O)C(C)N(Cc1ccc(Cl)c(Cl)c1)C(=O)CN(c1cc(Cl)cc(Cl)c1)S(=O)(=O)c1ccccc1. The van der Waals surface area contributed by atoms with E-state index in [-0.39, 0.29) is 38.1 Å². The third kappa shape index (κ3) is 8.02. The number of nitrogens with one attached hydrogen (secondary N) is 1. The number of sulfonamides is 1. The van der Waals surface area contributed by atoms with Gasteiger partial charge in [0.1, 0.15) is 12.6 Å². The highest BCUT2D eigenvalue weighted by atomic mass is 35.5. The summed E-state index contributed by atoms with van der Waals surface area (Å²) in [7, 11) is -4.23. The second-order valence-electron chi connectivity index (χ2n) is 8.69. The number of halogens is 4. The van der Waals surface area contributed by atoms with Gasteiger partial charge in [-0.25, -0.2) is 8.42 Å². The second kappa shape index (κ2) is 13.7. The van der Waals surface area contributed by atoms with Crippen LogP contribution >= 0.6 is 46.4 Å². The van der Waals surface area contributed by atoms with E-state index in [1.54, 1.807) is 43.3 Å². The molecule has 12 heteroatoms. The van der Waals surface area contributed by atoms with Gasteiger partial charge in [-0.1, -0.05) is 77.6 Å². The Kier molecular flexibility index (Phi) is 10.9. The Bertz CT molecular complexity index is 1420. The average Bonchev–Trinajstić information content (AvgIpc) is 2.90. The molecule has 0 saturated heterocycles. The molecule has 7 nitrogen and oxygen atoms in total. The molecule has 0 saturated carbocycles. The minimum absolute atomic E-state index is 0.0219. The van der Waals surface area contributed by atoms with Gasteiger partial charge in [-0.3, -0.25) is 13.9 Å². The number of rotatable bonds is 11. The Labute approximate surface area is 248 Å². The molecule has 0 spiro atoms. The van der Waals surface area contributed by atoms with E-state index < -0.39 is 28.5 Å². The molecule has 3 aromatic rings. The Balaban J connectivity index is 2.05. The third-order valence-corrected chi connectivity index (χ3v) is 8.76. The zero-order valence-corrected chi connectivity index (χ0v) is 25.0. The molecule has 3 rings (SSSR count). The van der Waals surface area contributed by atoms with E-state index in [4.69, 9.17) is 46.4 Å². The fourth-order valence-corrected chi connectivity index (χ4v) is 6.00. The fraction of sp³-hybridized carbons (Fsp3) is 0.259. The van der Waals surface area contributed by atoms with Crippen molar-refractivity contribution in [1.29, 1.82) is 0 Å². The highest BCUT2D eigenvalue weighted by Gasteiger charge is 2.32. The summed E-state index contributed by atoms with van der Waals surface area (Å²) in [4.78, 5) is 28.0. The van der Waals surface area contributed by atoms with E-state index in [1.165, 1.54) is 35.2 Å². The number of anilines is 1. The first-order chi connectivity index (χ1) is 18.4. The summed E-state index contributed by atoms with van der Waals surface area (Å²) in [6.07, 6.45) is 0.706. The van der Waals surface area contributed by atoms with Crippen molar-refractivity contribution in [2.45, 2.75) is 37.8 Å². The van der Waals surface area contributed by atoms with Crippen molar-refractivity contribution < 1.29 is 18.0 Å². The largest absolute Gasteiger partial charge is 0.354 e. The summed E-state index contributed by atoms with van der Waals surface area (Å²) < 4.78 is 28.4. The maximum Gasteiger partial charge on any atom is 0.264 e. The van der Waals surface area contributed by atoms with Crippen LogP contribution in [0.15, 0.2) is 71.6 Å². The molecule has 0 fully saturated rings. The monoisotopic (exact) mass is 629 g/mol. The minimum atomic E-state index is -4.23. The van der Waals surface area contributed by atoms with Crippen molar-refractivity contribution in [3.05, 3.63) is 92.4 Å². The molecule has 0 bridgehead atoms. The second-order valence-corrected chi connectivity index (χ2v) is 12.2. The van der Waals surface area contributed by atoms with E-state index in [0.29, 0.717) is 23.6 Å². The van der Waals surface area contributed by atoms with Gasteiger partial charge >= 0.3 is 0 Å². The molecule has 0 heterocycles. The van der Waals surface area contributed by atoms with E-state index >= 15 is 0 Å². The van der Waals surface area contributed by atoms with Crippen LogP contribution in [0.5, 0.6) is 0 Å². The molecule has 0 radical (unpaired) electrons. The number of carbonyl (C=O) groups is 2. The smallest absolute Gasteiger partial charge is 0.264 e. The normalized spacial score (nSPS) is 12.1. The van der Waals surface area contributed by atoms with Crippen molar-refractivity contribution in [3.63, 3.8) is 0 Å². The van der Waals surface area contributed by atoms with Gasteiger partial charge < -0.3 is 10.2 Å². The molecule has 1 atom stereocenters. The first kappa shape index (κ1) is 31.0. The van der Waals surface area contributed by atoms with Gasteiger partial charge in [-0.15, -0.1) is 0 Å². The molecule has 0 aliphatic rings. The standard InChI is InChI=1S/C27H27Cl4N3O4S/c1-3-11-32-27(36)18(2)33(16-19-9-10-24(30)25(31)12-19)26(35)17-34(22-14-20(28)13-21(29)15-22)39(37,38)23-7-5-4-6-8-23/h4-10,12-15,18H,3,11,16-17H2,1-2H3,(H,32,36). The minimum Gasteiger partial charge on any atom is -0.354 e. The van der Waals surface area contributed by atoms with Gasteiger partial charge in [-0.2, -0.15) is 0 Å². The topological polar surface area (TPSA) is 86.8 Å². The van der Waals surface area contributed by atoms with Gasteiger partial charge in [0.15, 0.2) is 0 Å². The Hall–Kier alpha value is -2.49. The highest BCUT2D eigenvalue weighted by molar-refractivity contribution is 7.92. The van der Waals surface area contributed by atoms with Crippen LogP contribution in [0, 0.1) is 0 Å². The predicted molar refractivity (Wildman–Crippen MR) is 157 cm³/mol. The first-order valence-corrected chi connectivity index (χ1v) is 14.9. The summed E-state index contributed by atoms with van der Waals surface area (Å²) in [5, 5.41) is 3.79. The molecule has 3 aromatic carbocycles. The van der Waals surface area contributed by atoms with Gasteiger partial charge in [0, 0.05) is 23.1 Å². The van der Waals surface area contributed by atoms with Crippen LogP contribution in [0.1, 0.15) is 25.8 Å². The van der Waals surface area contributed by atoms with Crippen molar-refractivity contribution in [2.24, 2.45) is 0 Å². The lowest BCUT2D eigenvalue weighted by Gasteiger charge is -2.32. The molecular weight excluding hydrogens is 604 g/mol. The summed E-state index contributed by atoms with van der Waals surface area (Å²) in [5.74, 6) is -1.01. The van der Waals surface area contributed by atoms with Gasteiger partial charge in [0.25, 0.3) is 10.0 Å². The molecule has 1 unspecified atom stereocenters. The highest BCUT2D eigenvalue weighted by Crippen LogP contribution is 2.30. The van der Waals surface area contributed by atoms with Crippen LogP contribution < -0.4 is 9.62 Å². The number of hydrogen-bond acceptors (Lipinski definition) is 4. The maximum atomic E-state index is 13.9. The number of nitrogens with zero attached hydrogens (tertiary/aromatic N) is 2. The van der Waals surface area contributed by atoms with Crippen LogP contribution in [0.25, 0.3) is 0 Å². The molecule has 39 heavy (non-hydrogen) atoms. The van der Waals surface area contributed by atoms with Crippen LogP contribution in [0.3, 0.4) is 0 Å². The van der Waals surface area contributed by atoms with E-state index in [9.17, 15) is 18.0 Å². The Morgan fingerprint density at radius 1 is 0.897 bits per heavy atom. The van der Waals surface area contributed by atoms with Gasteiger partial charge in [0.2, 0.25) is 11.8 Å². The van der Waals surface area contributed by atoms with Gasteiger partial charge in [-0.05, 0) is 61.4 Å². The molecule has 1 N–H and O–H groups in total. The average molecular weight is 631 g/mol. The lowest BCUT2D eigenvalue weighted by atomic mass is 10.1. The lowest BCUT2D eigenvalue weighted by molar-refractivity contribution is -0.139. The summed E-state index contributed by atoms with van der Waals surface area (Å²) in [6, 6.07) is 15.9. The van der Waals surface area contributed by atoms with Crippen LogP contribution in [-0.2, 0) is 26.2 Å². The van der Waals surface area contributed by atoms with E-state index in [2.05, 4.69) is 5.32 Å². The summed E-state index contributed by atoms with van der Waals surface area (Å²) >= 11 is 24.6. The molecule has 208 valence electrons. The summed E-state index contributed by atoms with van der Waals surface area (Å²) in [6.45, 7) is 3.26. The van der Waals surface area contributed by atoms with Crippen molar-refractivity contribution in [2.75, 3.05) is 17.4 Å². The number of carbonyl (C=O) groups excluding carboxylic acids is 2. The maximum absolute atomic E-state index is 13.9. The van der Waals surface area contributed by atoms with Crippen LogP contribution in [0.2, 0.25) is 20.1 Å². The molecule has 0 aliphatic carbocycles. The van der Waals surface area contributed by atoms with Crippen LogP contribution in [-0.4, -0.2) is 44.3 Å². The fourth-order valence-electron chi connectivity index (χ4n) is 3.74. The Morgan fingerprint density at radius 2 is 1.54 bits per heavy atom. The van der Waals surface area contributed by atoms with Crippen LogP contribution in [0.4, 0.5) is 5.69 Å². The summed E-state index contributed by atoms with van der Waals surface area (Å²) in [5.41, 5.74) is 0.707. The quantitative estimate of drug-likeness (QED) is 0.264. The van der Waals surface area contributed by atoms with Crippen molar-refractivity contribution >= 4 is 73.9 Å². The number of benzene rings is 3. The van der Waals surface area contributed by atoms with E-state index in [1.807, 2.05) is 6.92 Å². The van der Waals surface area contributed by atoms with Crippen molar-refractivity contribution in [1.82, 2.24) is 10.2 Å². The third-order valence-electron chi connectivity index (χ3n) is 5.80. The first-order valence-electron chi connectivity index (χ1n) is 12.0. The van der Waals surface area contributed by atoms with E-state index in [0.717, 1.165) is 4.31 Å². The molecule has 0 aromatic heterocycles. The zero-order valence-electron chi connectivity index (χ0n) is 21.2. The molecule has 2 amide bonds. The lowest BCUT2D eigenvalue weighted by Crippen LogP contribution is -2.51. The molecular formula is C27H27Cl4N3O4S. The van der Waals surface area contributed by atoms with Gasteiger partial charge in [0.05, 0.1) is 20.6 Å². The predicted octanol–water partition coefficient (Wildman–Crippen LogP) is 6.44. The molecule has 0 aliphatic heterocycles. The zero-order chi connectivity index (χ0) is 28.7.